The number of methoxy groups -OCH3 is 1. The highest BCUT2D eigenvalue weighted by molar-refractivity contribution is 14.0. The number of halogens is 1. The molecule has 0 saturated carbocycles. The first-order valence-electron chi connectivity index (χ1n) is 7.27. The average molecular weight is 453 g/mol. The van der Waals surface area contributed by atoms with Crippen LogP contribution in [0.4, 0.5) is 0 Å². The van der Waals surface area contributed by atoms with Crippen molar-refractivity contribution in [3.05, 3.63) is 35.4 Å². The fourth-order valence-corrected chi connectivity index (χ4v) is 4.18. The number of nitrogens with zero attached hydrogens (tertiary/aromatic N) is 1. The van der Waals surface area contributed by atoms with E-state index in [0.717, 1.165) is 11.1 Å². The van der Waals surface area contributed by atoms with Gasteiger partial charge in [-0.05, 0) is 17.5 Å². The van der Waals surface area contributed by atoms with Crippen molar-refractivity contribution in [2.75, 3.05) is 25.7 Å². The van der Waals surface area contributed by atoms with E-state index in [4.69, 9.17) is 4.74 Å². The summed E-state index contributed by atoms with van der Waals surface area (Å²) in [6.07, 6.45) is 0.628. The SMILES string of the molecule is CN=C(NCc1ccccc1COC)NC1CCS(=O)(=O)C1.I. The van der Waals surface area contributed by atoms with Crippen LogP contribution in [-0.2, 0) is 27.7 Å². The largest absolute Gasteiger partial charge is 0.380 e. The van der Waals surface area contributed by atoms with Crippen LogP contribution in [0.5, 0.6) is 0 Å². The molecule has 1 aliphatic rings. The minimum atomic E-state index is -2.89. The Morgan fingerprint density at radius 1 is 1.35 bits per heavy atom. The van der Waals surface area contributed by atoms with Crippen molar-refractivity contribution in [1.29, 1.82) is 0 Å². The van der Waals surface area contributed by atoms with Crippen LogP contribution in [0.15, 0.2) is 29.3 Å². The van der Waals surface area contributed by atoms with E-state index in [1.54, 1.807) is 14.2 Å². The number of rotatable bonds is 5. The molecule has 0 aromatic heterocycles. The van der Waals surface area contributed by atoms with E-state index in [9.17, 15) is 8.42 Å². The smallest absolute Gasteiger partial charge is 0.191 e. The number of hydrogen-bond acceptors (Lipinski definition) is 4. The molecule has 0 radical (unpaired) electrons. The number of benzene rings is 1. The van der Waals surface area contributed by atoms with Crippen LogP contribution in [0, 0.1) is 0 Å². The van der Waals surface area contributed by atoms with Crippen LogP contribution < -0.4 is 10.6 Å². The van der Waals surface area contributed by atoms with Gasteiger partial charge in [-0.3, -0.25) is 4.99 Å². The van der Waals surface area contributed by atoms with Crippen molar-refractivity contribution in [1.82, 2.24) is 10.6 Å². The van der Waals surface area contributed by atoms with Crippen molar-refractivity contribution < 1.29 is 13.2 Å². The molecule has 1 saturated heterocycles. The Hall–Kier alpha value is -0.870. The number of ether oxygens (including phenoxy) is 1. The predicted octanol–water partition coefficient (Wildman–Crippen LogP) is 1.30. The molecular weight excluding hydrogens is 429 g/mol. The topological polar surface area (TPSA) is 79.8 Å². The zero-order valence-corrected chi connectivity index (χ0v) is 16.6. The van der Waals surface area contributed by atoms with Gasteiger partial charge in [-0.15, -0.1) is 24.0 Å². The Morgan fingerprint density at radius 2 is 2.04 bits per heavy atom. The zero-order chi connectivity index (χ0) is 16.0. The van der Waals surface area contributed by atoms with E-state index < -0.39 is 9.84 Å². The molecule has 1 heterocycles. The predicted molar refractivity (Wildman–Crippen MR) is 103 cm³/mol. The average Bonchev–Trinajstić information content (AvgIpc) is 2.84. The lowest BCUT2D eigenvalue weighted by Gasteiger charge is -2.17. The Bertz CT molecular complexity index is 635. The Kier molecular flexibility index (Phi) is 8.27. The summed E-state index contributed by atoms with van der Waals surface area (Å²) in [5.41, 5.74) is 2.25. The molecule has 6 nitrogen and oxygen atoms in total. The lowest BCUT2D eigenvalue weighted by Crippen LogP contribution is -2.43. The summed E-state index contributed by atoms with van der Waals surface area (Å²) in [7, 11) is 0.460. The standard InChI is InChI=1S/C15H23N3O3S.HI/c1-16-15(18-14-7-8-22(19,20)11-14)17-9-12-5-3-4-6-13(12)10-21-2;/h3-6,14H,7-11H2,1-2H3,(H2,16,17,18);1H. The van der Waals surface area contributed by atoms with Crippen LogP contribution in [0.2, 0.25) is 0 Å². The van der Waals surface area contributed by atoms with Gasteiger partial charge in [0.1, 0.15) is 0 Å². The van der Waals surface area contributed by atoms with E-state index >= 15 is 0 Å². The summed E-state index contributed by atoms with van der Waals surface area (Å²) in [5.74, 6) is 1.04. The lowest BCUT2D eigenvalue weighted by molar-refractivity contribution is 0.184. The van der Waals surface area contributed by atoms with Gasteiger partial charge in [0.15, 0.2) is 15.8 Å². The van der Waals surface area contributed by atoms with Crippen molar-refractivity contribution in [3.8, 4) is 0 Å². The van der Waals surface area contributed by atoms with Crippen LogP contribution in [0.1, 0.15) is 17.5 Å². The molecule has 0 spiro atoms. The summed E-state index contributed by atoms with van der Waals surface area (Å²) >= 11 is 0. The Labute approximate surface area is 155 Å². The van der Waals surface area contributed by atoms with Crippen molar-refractivity contribution in [2.45, 2.75) is 25.6 Å². The Balaban J connectivity index is 0.00000264. The minimum absolute atomic E-state index is 0. The second kappa shape index (κ2) is 9.43. The van der Waals surface area contributed by atoms with Crippen LogP contribution in [0.25, 0.3) is 0 Å². The number of aliphatic imine (C=N–C) groups is 1. The number of hydrogen-bond donors (Lipinski definition) is 2. The summed E-state index contributed by atoms with van der Waals surface area (Å²) in [6, 6.07) is 7.96. The van der Waals surface area contributed by atoms with E-state index in [0.29, 0.717) is 25.5 Å². The normalized spacial score (nSPS) is 19.9. The van der Waals surface area contributed by atoms with Gasteiger partial charge in [-0.1, -0.05) is 24.3 Å². The van der Waals surface area contributed by atoms with Gasteiger partial charge >= 0.3 is 0 Å². The molecule has 23 heavy (non-hydrogen) atoms. The lowest BCUT2D eigenvalue weighted by atomic mass is 10.1. The molecule has 2 rings (SSSR count). The monoisotopic (exact) mass is 453 g/mol. The third-order valence-electron chi connectivity index (χ3n) is 3.66. The summed E-state index contributed by atoms with van der Waals surface area (Å²) in [4.78, 5) is 4.16. The molecule has 8 heteroatoms. The molecule has 1 unspecified atom stereocenters. The van der Waals surface area contributed by atoms with Crippen molar-refractivity contribution >= 4 is 39.8 Å². The first-order valence-corrected chi connectivity index (χ1v) is 9.09. The van der Waals surface area contributed by atoms with E-state index in [-0.39, 0.29) is 41.5 Å². The fourth-order valence-electron chi connectivity index (χ4n) is 2.50. The maximum absolute atomic E-state index is 11.5. The summed E-state index contributed by atoms with van der Waals surface area (Å²) < 4.78 is 28.2. The molecule has 1 atom stereocenters. The second-order valence-electron chi connectivity index (χ2n) is 5.37. The fraction of sp³-hybridized carbons (Fsp3) is 0.533. The van der Waals surface area contributed by atoms with E-state index in [2.05, 4.69) is 15.6 Å². The second-order valence-corrected chi connectivity index (χ2v) is 7.60. The molecule has 130 valence electrons. The minimum Gasteiger partial charge on any atom is -0.380 e. The molecular formula is C15H24IN3O3S. The Morgan fingerprint density at radius 3 is 2.61 bits per heavy atom. The quantitative estimate of drug-likeness (QED) is 0.399. The first-order chi connectivity index (χ1) is 10.5. The van der Waals surface area contributed by atoms with Gasteiger partial charge in [0.05, 0.1) is 18.1 Å². The van der Waals surface area contributed by atoms with Gasteiger partial charge in [-0.25, -0.2) is 8.42 Å². The van der Waals surface area contributed by atoms with Crippen LogP contribution in [-0.4, -0.2) is 46.1 Å². The molecule has 1 aromatic carbocycles. The molecule has 2 N–H and O–H groups in total. The molecule has 1 aromatic rings. The van der Waals surface area contributed by atoms with Crippen LogP contribution >= 0.6 is 24.0 Å². The summed E-state index contributed by atoms with van der Waals surface area (Å²) in [5, 5.41) is 6.40. The maximum Gasteiger partial charge on any atom is 0.191 e. The van der Waals surface area contributed by atoms with Gasteiger partial charge in [0.25, 0.3) is 0 Å². The van der Waals surface area contributed by atoms with Gasteiger partial charge in [0, 0.05) is 26.7 Å². The summed E-state index contributed by atoms with van der Waals surface area (Å²) in [6.45, 7) is 1.17. The third-order valence-corrected chi connectivity index (χ3v) is 5.43. The van der Waals surface area contributed by atoms with Gasteiger partial charge in [0.2, 0.25) is 0 Å². The van der Waals surface area contributed by atoms with Crippen LogP contribution in [0.3, 0.4) is 0 Å². The highest BCUT2D eigenvalue weighted by atomic mass is 127. The highest BCUT2D eigenvalue weighted by Crippen LogP contribution is 2.12. The van der Waals surface area contributed by atoms with Crippen molar-refractivity contribution in [2.24, 2.45) is 4.99 Å². The number of sulfone groups is 1. The molecule has 1 aliphatic heterocycles. The molecule has 0 aliphatic carbocycles. The van der Waals surface area contributed by atoms with Gasteiger partial charge < -0.3 is 15.4 Å². The zero-order valence-electron chi connectivity index (χ0n) is 13.4. The maximum atomic E-state index is 11.5. The van der Waals surface area contributed by atoms with Gasteiger partial charge in [-0.2, -0.15) is 0 Å². The third kappa shape index (κ3) is 6.27. The molecule has 1 fully saturated rings. The number of guanidine groups is 1. The van der Waals surface area contributed by atoms with E-state index in [1.807, 2.05) is 24.3 Å². The number of nitrogens with one attached hydrogen (secondary N) is 2. The van der Waals surface area contributed by atoms with E-state index in [1.165, 1.54) is 0 Å². The highest BCUT2D eigenvalue weighted by Gasteiger charge is 2.28. The van der Waals surface area contributed by atoms with Crippen molar-refractivity contribution in [3.63, 3.8) is 0 Å². The first kappa shape index (κ1) is 20.2. The molecule has 0 bridgehead atoms. The molecule has 0 amide bonds.